The van der Waals surface area contributed by atoms with Crippen LogP contribution < -0.4 is 0 Å². The molecule has 2 rings (SSSR count). The summed E-state index contributed by atoms with van der Waals surface area (Å²) in [4.78, 5) is 5.64. The van der Waals surface area contributed by atoms with Crippen LogP contribution in [0.25, 0.3) is 0 Å². The molecule has 0 spiro atoms. The highest BCUT2D eigenvalue weighted by atomic mass is 79.9. The molecule has 0 unspecified atom stereocenters. The molecule has 2 heterocycles. The molecule has 0 aliphatic rings. The van der Waals surface area contributed by atoms with Crippen LogP contribution in [0.2, 0.25) is 0 Å². The van der Waals surface area contributed by atoms with Gasteiger partial charge in [0.2, 0.25) is 0 Å². The summed E-state index contributed by atoms with van der Waals surface area (Å²) >= 11 is 5.24. The number of aryl methyl sites for hydroxylation is 1. The lowest BCUT2D eigenvalue weighted by atomic mass is 10.4. The van der Waals surface area contributed by atoms with E-state index in [9.17, 15) is 0 Å². The molecular weight excluding hydrogens is 260 g/mol. The average molecular weight is 271 g/mol. The van der Waals surface area contributed by atoms with Crippen molar-refractivity contribution in [1.29, 1.82) is 0 Å². The van der Waals surface area contributed by atoms with Crippen molar-refractivity contribution in [2.24, 2.45) is 0 Å². The second-order valence-corrected chi connectivity index (χ2v) is 5.58. The van der Waals surface area contributed by atoms with Gasteiger partial charge in [-0.05, 0) is 28.1 Å². The van der Waals surface area contributed by atoms with Gasteiger partial charge in [0.05, 0.1) is 10.3 Å². The molecule has 0 saturated carbocycles. The van der Waals surface area contributed by atoms with E-state index in [1.165, 1.54) is 8.66 Å². The Labute approximate surface area is 95.7 Å². The first kappa shape index (κ1) is 9.93. The lowest BCUT2D eigenvalue weighted by Crippen LogP contribution is -2.01. The van der Waals surface area contributed by atoms with E-state index in [0.29, 0.717) is 0 Å². The van der Waals surface area contributed by atoms with Gasteiger partial charge >= 0.3 is 0 Å². The van der Waals surface area contributed by atoms with E-state index in [-0.39, 0.29) is 0 Å². The van der Waals surface area contributed by atoms with Crippen LogP contribution in [0.1, 0.15) is 17.6 Å². The fourth-order valence-electron chi connectivity index (χ4n) is 1.40. The van der Waals surface area contributed by atoms with E-state index in [0.717, 1.165) is 18.8 Å². The average Bonchev–Trinajstić information content (AvgIpc) is 2.76. The third-order valence-corrected chi connectivity index (χ3v) is 3.68. The molecule has 0 amide bonds. The second kappa shape index (κ2) is 4.28. The highest BCUT2D eigenvalue weighted by Crippen LogP contribution is 2.23. The molecule has 0 N–H and O–H groups in total. The van der Waals surface area contributed by atoms with Gasteiger partial charge in [-0.2, -0.15) is 0 Å². The predicted octanol–water partition coefficient (Wildman–Crippen LogP) is 3.32. The summed E-state index contributed by atoms with van der Waals surface area (Å²) in [5.41, 5.74) is 0. The maximum absolute atomic E-state index is 4.29. The maximum atomic E-state index is 4.29. The Bertz CT molecular complexity index is 419. The maximum Gasteiger partial charge on any atom is 0.108 e. The fourth-order valence-corrected chi connectivity index (χ4v) is 2.89. The van der Waals surface area contributed by atoms with Crippen molar-refractivity contribution in [1.82, 2.24) is 9.55 Å². The number of aromatic nitrogens is 2. The lowest BCUT2D eigenvalue weighted by Gasteiger charge is -2.03. The molecule has 14 heavy (non-hydrogen) atoms. The number of hydrogen-bond acceptors (Lipinski definition) is 2. The Morgan fingerprint density at radius 1 is 1.50 bits per heavy atom. The van der Waals surface area contributed by atoms with Crippen LogP contribution in [0.3, 0.4) is 0 Å². The molecule has 4 heteroatoms. The predicted molar refractivity (Wildman–Crippen MR) is 62.7 cm³/mol. The quantitative estimate of drug-likeness (QED) is 0.837. The normalized spacial score (nSPS) is 10.7. The topological polar surface area (TPSA) is 17.8 Å². The monoisotopic (exact) mass is 270 g/mol. The van der Waals surface area contributed by atoms with Crippen LogP contribution >= 0.6 is 27.3 Å². The molecule has 0 radical (unpaired) electrons. The summed E-state index contributed by atoms with van der Waals surface area (Å²) in [5, 5.41) is 0. The van der Waals surface area contributed by atoms with Crippen LogP contribution in [0.5, 0.6) is 0 Å². The summed E-state index contributed by atoms with van der Waals surface area (Å²) in [6.45, 7) is 3.06. The number of hydrogen-bond donors (Lipinski definition) is 0. The highest BCUT2D eigenvalue weighted by Gasteiger charge is 2.02. The van der Waals surface area contributed by atoms with Gasteiger partial charge in [-0.15, -0.1) is 11.3 Å². The minimum Gasteiger partial charge on any atom is -0.330 e. The standard InChI is InChI=1S/C10H11BrN2S/c1-2-10-12-5-6-13(10)7-8-3-4-9(11)14-8/h3-6H,2,7H2,1H3. The number of rotatable bonds is 3. The number of imidazole rings is 1. The van der Waals surface area contributed by atoms with Gasteiger partial charge in [-0.1, -0.05) is 6.92 Å². The fraction of sp³-hybridized carbons (Fsp3) is 0.300. The van der Waals surface area contributed by atoms with E-state index in [2.05, 4.69) is 44.5 Å². The highest BCUT2D eigenvalue weighted by molar-refractivity contribution is 9.11. The second-order valence-electron chi connectivity index (χ2n) is 3.03. The van der Waals surface area contributed by atoms with E-state index in [4.69, 9.17) is 0 Å². The van der Waals surface area contributed by atoms with Gasteiger partial charge in [0.25, 0.3) is 0 Å². The lowest BCUT2D eigenvalue weighted by molar-refractivity contribution is 0.740. The molecule has 0 fully saturated rings. The number of thiophene rings is 1. The van der Waals surface area contributed by atoms with Crippen molar-refractivity contribution in [3.05, 3.63) is 39.0 Å². The van der Waals surface area contributed by atoms with Crippen molar-refractivity contribution < 1.29 is 0 Å². The first-order valence-electron chi connectivity index (χ1n) is 4.54. The zero-order valence-corrected chi connectivity index (χ0v) is 10.3. The Hall–Kier alpha value is -0.610. The third-order valence-electron chi connectivity index (χ3n) is 2.07. The van der Waals surface area contributed by atoms with Crippen molar-refractivity contribution in [3.63, 3.8) is 0 Å². The Morgan fingerprint density at radius 2 is 2.36 bits per heavy atom. The van der Waals surface area contributed by atoms with Crippen LogP contribution in [0.15, 0.2) is 28.3 Å². The molecule has 2 aromatic rings. The third kappa shape index (κ3) is 2.07. The van der Waals surface area contributed by atoms with Crippen molar-refractivity contribution in [2.45, 2.75) is 19.9 Å². The molecule has 2 nitrogen and oxygen atoms in total. The zero-order chi connectivity index (χ0) is 9.97. The van der Waals surface area contributed by atoms with Gasteiger partial charge < -0.3 is 4.57 Å². The van der Waals surface area contributed by atoms with Crippen LogP contribution in [-0.2, 0) is 13.0 Å². The number of nitrogens with zero attached hydrogens (tertiary/aromatic N) is 2. The van der Waals surface area contributed by atoms with Crippen LogP contribution in [0.4, 0.5) is 0 Å². The summed E-state index contributed by atoms with van der Waals surface area (Å²) in [6, 6.07) is 4.23. The largest absolute Gasteiger partial charge is 0.330 e. The molecule has 0 aliphatic carbocycles. The molecule has 0 atom stereocenters. The van der Waals surface area contributed by atoms with Crippen LogP contribution in [-0.4, -0.2) is 9.55 Å². The molecule has 0 bridgehead atoms. The molecule has 74 valence electrons. The van der Waals surface area contributed by atoms with E-state index >= 15 is 0 Å². The number of halogens is 1. The van der Waals surface area contributed by atoms with Gasteiger partial charge in [0, 0.05) is 23.7 Å². The first-order valence-corrected chi connectivity index (χ1v) is 6.14. The Kier molecular flexibility index (Phi) is 3.03. The van der Waals surface area contributed by atoms with E-state index in [1.54, 1.807) is 11.3 Å². The summed E-state index contributed by atoms with van der Waals surface area (Å²) < 4.78 is 3.38. The van der Waals surface area contributed by atoms with Crippen molar-refractivity contribution in [2.75, 3.05) is 0 Å². The summed E-state index contributed by atoms with van der Waals surface area (Å²) in [7, 11) is 0. The summed E-state index contributed by atoms with van der Waals surface area (Å²) in [5.74, 6) is 1.15. The molecule has 0 aromatic carbocycles. The van der Waals surface area contributed by atoms with Gasteiger partial charge in [-0.3, -0.25) is 0 Å². The van der Waals surface area contributed by atoms with Gasteiger partial charge in [-0.25, -0.2) is 4.98 Å². The minimum atomic E-state index is 0.930. The van der Waals surface area contributed by atoms with Crippen molar-refractivity contribution in [3.8, 4) is 0 Å². The Balaban J connectivity index is 2.18. The zero-order valence-electron chi connectivity index (χ0n) is 7.90. The SMILES string of the molecule is CCc1nccn1Cc1ccc(Br)s1. The first-order chi connectivity index (χ1) is 6.79. The molecule has 2 aromatic heterocycles. The molecule has 0 saturated heterocycles. The Morgan fingerprint density at radius 3 is 3.00 bits per heavy atom. The molecule has 0 aliphatic heterocycles. The van der Waals surface area contributed by atoms with Gasteiger partial charge in [0.1, 0.15) is 5.82 Å². The molecular formula is C10H11BrN2S. The van der Waals surface area contributed by atoms with E-state index in [1.807, 2.05) is 12.4 Å². The summed E-state index contributed by atoms with van der Waals surface area (Å²) in [6.07, 6.45) is 4.88. The van der Waals surface area contributed by atoms with Gasteiger partial charge in [0.15, 0.2) is 0 Å². The smallest absolute Gasteiger partial charge is 0.108 e. The van der Waals surface area contributed by atoms with Crippen molar-refractivity contribution >= 4 is 27.3 Å². The van der Waals surface area contributed by atoms with E-state index < -0.39 is 0 Å². The minimum absolute atomic E-state index is 0.930. The van der Waals surface area contributed by atoms with Crippen LogP contribution in [0, 0.1) is 0 Å².